The highest BCUT2D eigenvalue weighted by Gasteiger charge is 2.20. The minimum atomic E-state index is -0.197. The quantitative estimate of drug-likeness (QED) is 0.644. The van der Waals surface area contributed by atoms with Gasteiger partial charge in [0.05, 0.1) is 13.2 Å². The van der Waals surface area contributed by atoms with E-state index in [0.29, 0.717) is 0 Å². The molecule has 2 rings (SSSR count). The van der Waals surface area contributed by atoms with Gasteiger partial charge in [-0.3, -0.25) is 5.84 Å². The van der Waals surface area contributed by atoms with Crippen LogP contribution in [0, 0.1) is 13.8 Å². The second-order valence-corrected chi connectivity index (χ2v) is 4.47. The summed E-state index contributed by atoms with van der Waals surface area (Å²) in [7, 11) is 1.66. The Bertz CT molecular complexity index is 557. The average Bonchev–Trinajstić information content (AvgIpc) is 2.42. The fourth-order valence-corrected chi connectivity index (χ4v) is 2.28. The van der Waals surface area contributed by atoms with Crippen LogP contribution in [0.25, 0.3) is 0 Å². The van der Waals surface area contributed by atoms with Crippen molar-refractivity contribution in [2.75, 3.05) is 7.11 Å². The molecule has 2 aromatic rings. The predicted molar refractivity (Wildman–Crippen MR) is 73.7 cm³/mol. The second-order valence-electron chi connectivity index (χ2n) is 4.47. The molecule has 1 atom stereocenters. The van der Waals surface area contributed by atoms with Gasteiger partial charge in [0.1, 0.15) is 12.1 Å². The highest BCUT2D eigenvalue weighted by Crippen LogP contribution is 2.32. The highest BCUT2D eigenvalue weighted by atomic mass is 16.5. The van der Waals surface area contributed by atoms with Crippen molar-refractivity contribution in [1.29, 1.82) is 0 Å². The number of methoxy groups -OCH3 is 1. The van der Waals surface area contributed by atoms with Gasteiger partial charge in [-0.2, -0.15) is 0 Å². The lowest BCUT2D eigenvalue weighted by atomic mass is 9.94. The van der Waals surface area contributed by atoms with Crippen LogP contribution in [0.3, 0.4) is 0 Å². The summed E-state index contributed by atoms with van der Waals surface area (Å²) in [6.45, 7) is 4.08. The Balaban J connectivity index is 2.55. The molecule has 3 N–H and O–H groups in total. The normalized spacial score (nSPS) is 12.2. The summed E-state index contributed by atoms with van der Waals surface area (Å²) < 4.78 is 5.47. The Labute approximate surface area is 112 Å². The molecule has 0 aliphatic carbocycles. The molecular weight excluding hydrogens is 240 g/mol. The first-order chi connectivity index (χ1) is 9.17. The van der Waals surface area contributed by atoms with Crippen molar-refractivity contribution in [1.82, 2.24) is 15.4 Å². The summed E-state index contributed by atoms with van der Waals surface area (Å²) in [5.74, 6) is 6.52. The van der Waals surface area contributed by atoms with Crippen molar-refractivity contribution in [3.63, 3.8) is 0 Å². The molecule has 0 aliphatic heterocycles. The molecule has 5 heteroatoms. The third kappa shape index (κ3) is 2.72. The molecule has 0 fully saturated rings. The minimum absolute atomic E-state index is 0.197. The molecule has 0 radical (unpaired) electrons. The van der Waals surface area contributed by atoms with Gasteiger partial charge in [0.2, 0.25) is 0 Å². The maximum atomic E-state index is 5.71. The summed E-state index contributed by atoms with van der Waals surface area (Å²) in [5, 5.41) is 0. The Hall–Kier alpha value is -1.98. The summed E-state index contributed by atoms with van der Waals surface area (Å²) in [6, 6.07) is 3.90. The summed E-state index contributed by atoms with van der Waals surface area (Å²) in [4.78, 5) is 8.07. The van der Waals surface area contributed by atoms with Crippen LogP contribution in [0.4, 0.5) is 0 Å². The number of nitrogens with zero attached hydrogens (tertiary/aromatic N) is 2. The van der Waals surface area contributed by atoms with Gasteiger partial charge >= 0.3 is 0 Å². The van der Waals surface area contributed by atoms with Gasteiger partial charge in [0.25, 0.3) is 0 Å². The van der Waals surface area contributed by atoms with Gasteiger partial charge in [0, 0.05) is 23.5 Å². The zero-order valence-electron chi connectivity index (χ0n) is 11.3. The van der Waals surface area contributed by atoms with Crippen LogP contribution in [0.15, 0.2) is 30.9 Å². The number of benzene rings is 1. The van der Waals surface area contributed by atoms with Crippen LogP contribution in [0.1, 0.15) is 28.3 Å². The fraction of sp³-hybridized carbons (Fsp3) is 0.286. The minimum Gasteiger partial charge on any atom is -0.496 e. The molecule has 1 aromatic carbocycles. The van der Waals surface area contributed by atoms with E-state index >= 15 is 0 Å². The predicted octanol–water partition coefficient (Wildman–Crippen LogP) is 1.65. The van der Waals surface area contributed by atoms with Crippen molar-refractivity contribution in [3.8, 4) is 5.75 Å². The van der Waals surface area contributed by atoms with E-state index in [-0.39, 0.29) is 6.04 Å². The lowest BCUT2D eigenvalue weighted by molar-refractivity contribution is 0.403. The standard InChI is InChI=1S/C14H18N4O/c1-9-4-10(2)13(12(5-9)19-3)14(18-15)11-6-16-8-17-7-11/h4-8,14,18H,15H2,1-3H3. The number of hydrazine groups is 1. The Morgan fingerprint density at radius 3 is 2.47 bits per heavy atom. The van der Waals surface area contributed by atoms with E-state index in [1.54, 1.807) is 19.5 Å². The van der Waals surface area contributed by atoms with Gasteiger partial charge in [-0.15, -0.1) is 0 Å². The number of hydrogen-bond acceptors (Lipinski definition) is 5. The van der Waals surface area contributed by atoms with E-state index in [9.17, 15) is 0 Å². The van der Waals surface area contributed by atoms with E-state index in [1.165, 1.54) is 6.33 Å². The first kappa shape index (κ1) is 13.5. The third-order valence-corrected chi connectivity index (χ3v) is 3.08. The SMILES string of the molecule is COc1cc(C)cc(C)c1C(NN)c1cncnc1. The van der Waals surface area contributed by atoms with E-state index in [2.05, 4.69) is 21.5 Å². The maximum Gasteiger partial charge on any atom is 0.124 e. The zero-order valence-corrected chi connectivity index (χ0v) is 11.3. The molecule has 0 saturated heterocycles. The van der Waals surface area contributed by atoms with Crippen LogP contribution in [0.5, 0.6) is 5.75 Å². The Morgan fingerprint density at radius 1 is 1.21 bits per heavy atom. The number of nitrogens with two attached hydrogens (primary N) is 1. The van der Waals surface area contributed by atoms with E-state index < -0.39 is 0 Å². The molecule has 1 unspecified atom stereocenters. The number of rotatable bonds is 4. The van der Waals surface area contributed by atoms with E-state index in [0.717, 1.165) is 28.0 Å². The van der Waals surface area contributed by atoms with Crippen LogP contribution in [-0.2, 0) is 0 Å². The van der Waals surface area contributed by atoms with E-state index in [1.807, 2.05) is 19.9 Å². The first-order valence-electron chi connectivity index (χ1n) is 6.03. The first-order valence-corrected chi connectivity index (χ1v) is 6.03. The van der Waals surface area contributed by atoms with Crippen molar-refractivity contribution >= 4 is 0 Å². The van der Waals surface area contributed by atoms with Crippen molar-refractivity contribution in [3.05, 3.63) is 53.1 Å². The number of aryl methyl sites for hydroxylation is 2. The molecule has 5 nitrogen and oxygen atoms in total. The molecule has 100 valence electrons. The smallest absolute Gasteiger partial charge is 0.124 e. The maximum absolute atomic E-state index is 5.71. The van der Waals surface area contributed by atoms with Gasteiger partial charge in [-0.05, 0) is 31.0 Å². The average molecular weight is 258 g/mol. The van der Waals surface area contributed by atoms with Crippen LogP contribution < -0.4 is 16.0 Å². The third-order valence-electron chi connectivity index (χ3n) is 3.08. The summed E-state index contributed by atoms with van der Waals surface area (Å²) in [5.41, 5.74) is 6.98. The topological polar surface area (TPSA) is 73.1 Å². The van der Waals surface area contributed by atoms with Crippen LogP contribution in [0.2, 0.25) is 0 Å². The molecule has 0 bridgehead atoms. The lowest BCUT2D eigenvalue weighted by Gasteiger charge is -2.21. The largest absolute Gasteiger partial charge is 0.496 e. The Kier molecular flexibility index (Phi) is 4.09. The number of aromatic nitrogens is 2. The monoisotopic (exact) mass is 258 g/mol. The number of nitrogens with one attached hydrogen (secondary N) is 1. The molecule has 0 spiro atoms. The molecule has 0 amide bonds. The molecule has 1 heterocycles. The number of hydrogen-bond donors (Lipinski definition) is 2. The fourth-order valence-electron chi connectivity index (χ4n) is 2.28. The molecule has 0 aliphatic rings. The van der Waals surface area contributed by atoms with Crippen LogP contribution >= 0.6 is 0 Å². The van der Waals surface area contributed by atoms with Gasteiger partial charge in [-0.25, -0.2) is 15.4 Å². The summed E-state index contributed by atoms with van der Waals surface area (Å²) in [6.07, 6.45) is 4.99. The Morgan fingerprint density at radius 2 is 1.89 bits per heavy atom. The zero-order chi connectivity index (χ0) is 13.8. The molecular formula is C14H18N4O. The highest BCUT2D eigenvalue weighted by molar-refractivity contribution is 5.48. The van der Waals surface area contributed by atoms with Gasteiger partial charge in [0.15, 0.2) is 0 Å². The van der Waals surface area contributed by atoms with E-state index in [4.69, 9.17) is 10.6 Å². The lowest BCUT2D eigenvalue weighted by Crippen LogP contribution is -2.30. The van der Waals surface area contributed by atoms with Crippen molar-refractivity contribution in [2.45, 2.75) is 19.9 Å². The van der Waals surface area contributed by atoms with Gasteiger partial charge < -0.3 is 4.74 Å². The molecule has 1 aromatic heterocycles. The second kappa shape index (κ2) is 5.77. The molecule has 19 heavy (non-hydrogen) atoms. The van der Waals surface area contributed by atoms with Crippen molar-refractivity contribution in [2.24, 2.45) is 5.84 Å². The van der Waals surface area contributed by atoms with Crippen LogP contribution in [-0.4, -0.2) is 17.1 Å². The van der Waals surface area contributed by atoms with Crippen molar-refractivity contribution < 1.29 is 4.74 Å². The number of ether oxygens (including phenoxy) is 1. The summed E-state index contributed by atoms with van der Waals surface area (Å²) >= 11 is 0. The molecule has 0 saturated carbocycles. The van der Waals surface area contributed by atoms with Gasteiger partial charge in [-0.1, -0.05) is 6.07 Å².